The van der Waals surface area contributed by atoms with Crippen molar-refractivity contribution in [2.75, 3.05) is 19.6 Å². The Morgan fingerprint density at radius 2 is 1.83 bits per heavy atom. The number of hydrogen-bond donors (Lipinski definition) is 7. The maximum Gasteiger partial charge on any atom is 0.326 e. The number of nitrogens with two attached hydrogens (primary N) is 2. The number of unbranched alkanes of at least 4 members (excludes halogenated alkanes) is 1. The molecule has 1 saturated heterocycles. The fourth-order valence-corrected chi connectivity index (χ4v) is 2.88. The van der Waals surface area contributed by atoms with E-state index >= 15 is 0 Å². The Morgan fingerprint density at radius 3 is 2.38 bits per heavy atom. The van der Waals surface area contributed by atoms with Crippen LogP contribution in [0.15, 0.2) is 0 Å². The molecule has 1 aliphatic rings. The lowest BCUT2D eigenvalue weighted by atomic mass is 10.1. The van der Waals surface area contributed by atoms with Gasteiger partial charge in [-0.25, -0.2) is 4.79 Å². The van der Waals surface area contributed by atoms with Gasteiger partial charge in [0.1, 0.15) is 12.1 Å². The summed E-state index contributed by atoms with van der Waals surface area (Å²) in [6.45, 7) is 0.817. The second-order valence-electron chi connectivity index (χ2n) is 6.84. The Labute approximate surface area is 168 Å². The van der Waals surface area contributed by atoms with Crippen molar-refractivity contribution in [1.82, 2.24) is 21.3 Å². The van der Waals surface area contributed by atoms with E-state index in [1.807, 2.05) is 0 Å². The van der Waals surface area contributed by atoms with Crippen LogP contribution in [0.3, 0.4) is 0 Å². The highest BCUT2D eigenvalue weighted by molar-refractivity contribution is 5.93. The van der Waals surface area contributed by atoms with Gasteiger partial charge in [0.25, 0.3) is 0 Å². The molecule has 0 spiro atoms. The number of carboxylic acid groups (broad SMARTS) is 1. The van der Waals surface area contributed by atoms with Gasteiger partial charge in [0.15, 0.2) is 0 Å². The highest BCUT2D eigenvalue weighted by Gasteiger charge is 2.28. The van der Waals surface area contributed by atoms with Crippen LogP contribution in [0.4, 0.5) is 0 Å². The fourth-order valence-electron chi connectivity index (χ4n) is 2.88. The van der Waals surface area contributed by atoms with Crippen molar-refractivity contribution in [3.63, 3.8) is 0 Å². The van der Waals surface area contributed by atoms with Crippen LogP contribution in [0.5, 0.6) is 0 Å². The van der Waals surface area contributed by atoms with Crippen molar-refractivity contribution in [3.8, 4) is 0 Å². The first-order chi connectivity index (χ1) is 13.7. The van der Waals surface area contributed by atoms with Gasteiger partial charge in [0.2, 0.25) is 23.6 Å². The first-order valence-electron chi connectivity index (χ1n) is 9.56. The summed E-state index contributed by atoms with van der Waals surface area (Å²) in [7, 11) is 0. The number of carbonyl (C=O) groups is 5. The average molecular weight is 414 g/mol. The minimum atomic E-state index is -1.50. The van der Waals surface area contributed by atoms with Gasteiger partial charge in [-0.15, -0.1) is 0 Å². The van der Waals surface area contributed by atoms with Crippen LogP contribution in [0.2, 0.25) is 0 Å². The lowest BCUT2D eigenvalue weighted by Crippen LogP contribution is -2.54. The molecule has 1 rings (SSSR count). The van der Waals surface area contributed by atoms with Gasteiger partial charge >= 0.3 is 5.97 Å². The Bertz CT molecular complexity index is 607. The van der Waals surface area contributed by atoms with Gasteiger partial charge < -0.3 is 37.8 Å². The smallest absolute Gasteiger partial charge is 0.326 e. The monoisotopic (exact) mass is 414 g/mol. The van der Waals surface area contributed by atoms with Crippen molar-refractivity contribution in [2.45, 2.75) is 56.7 Å². The molecule has 3 unspecified atom stereocenters. The van der Waals surface area contributed by atoms with Crippen molar-refractivity contribution in [1.29, 1.82) is 0 Å². The normalized spacial score (nSPS) is 17.8. The molecule has 0 radical (unpaired) electrons. The molecule has 164 valence electrons. The van der Waals surface area contributed by atoms with Gasteiger partial charge in [-0.3, -0.25) is 19.2 Å². The van der Waals surface area contributed by atoms with Gasteiger partial charge in [0.05, 0.1) is 19.0 Å². The predicted octanol–water partition coefficient (Wildman–Crippen LogP) is -3.09. The van der Waals surface area contributed by atoms with Gasteiger partial charge in [0, 0.05) is 0 Å². The summed E-state index contributed by atoms with van der Waals surface area (Å²) >= 11 is 0. The highest BCUT2D eigenvalue weighted by Crippen LogP contribution is 2.05. The van der Waals surface area contributed by atoms with E-state index in [9.17, 15) is 24.0 Å². The zero-order chi connectivity index (χ0) is 21.8. The van der Waals surface area contributed by atoms with E-state index in [1.165, 1.54) is 0 Å². The minimum Gasteiger partial charge on any atom is -0.480 e. The van der Waals surface area contributed by atoms with E-state index in [4.69, 9.17) is 16.6 Å². The molecule has 0 saturated carbocycles. The molecule has 1 fully saturated rings. The fraction of sp³-hybridized carbons (Fsp3) is 0.706. The van der Waals surface area contributed by atoms with E-state index < -0.39 is 42.2 Å². The summed E-state index contributed by atoms with van der Waals surface area (Å²) < 4.78 is 0. The first kappa shape index (κ1) is 24.3. The zero-order valence-electron chi connectivity index (χ0n) is 16.2. The SMILES string of the molecule is NCCCCC(NC(=O)CNC(=O)C1CCCN1)C(=O)NC(CC(N)=O)C(=O)O. The quantitative estimate of drug-likeness (QED) is 0.153. The van der Waals surface area contributed by atoms with Crippen LogP contribution in [-0.4, -0.2) is 72.5 Å². The lowest BCUT2D eigenvalue weighted by molar-refractivity contribution is -0.143. The number of amides is 4. The number of rotatable bonds is 13. The Kier molecular flexibility index (Phi) is 10.6. The first-order valence-corrected chi connectivity index (χ1v) is 9.56. The standard InChI is InChI=1S/C17H30N6O6/c18-6-2-1-4-11(16(27)23-12(17(28)29)8-13(19)24)22-14(25)9-21-15(26)10-5-3-7-20-10/h10-12,20H,1-9,18H2,(H2,19,24)(H,21,26)(H,22,25)(H,23,27)(H,28,29). The molecule has 9 N–H and O–H groups in total. The molecule has 12 heteroatoms. The second kappa shape index (κ2) is 12.7. The van der Waals surface area contributed by atoms with E-state index in [1.54, 1.807) is 0 Å². The predicted molar refractivity (Wildman–Crippen MR) is 102 cm³/mol. The summed E-state index contributed by atoms with van der Waals surface area (Å²) in [6, 6.07) is -2.87. The van der Waals surface area contributed by atoms with Crippen molar-refractivity contribution >= 4 is 29.6 Å². The highest BCUT2D eigenvalue weighted by atomic mass is 16.4. The summed E-state index contributed by atoms with van der Waals surface area (Å²) in [5, 5.41) is 19.3. The Morgan fingerprint density at radius 1 is 1.10 bits per heavy atom. The maximum atomic E-state index is 12.4. The molecular formula is C17H30N6O6. The maximum absolute atomic E-state index is 12.4. The molecule has 4 amide bonds. The van der Waals surface area contributed by atoms with E-state index in [0.717, 1.165) is 13.0 Å². The van der Waals surface area contributed by atoms with Gasteiger partial charge in [-0.1, -0.05) is 0 Å². The molecule has 1 heterocycles. The molecule has 3 atom stereocenters. The third-order valence-corrected chi connectivity index (χ3v) is 4.42. The number of carboxylic acids is 1. The molecule has 0 aromatic rings. The average Bonchev–Trinajstić information content (AvgIpc) is 3.19. The molecule has 29 heavy (non-hydrogen) atoms. The molecule has 1 aliphatic heterocycles. The van der Waals surface area contributed by atoms with E-state index in [0.29, 0.717) is 25.8 Å². The lowest BCUT2D eigenvalue weighted by Gasteiger charge is -2.21. The molecule has 0 aromatic heterocycles. The molecule has 0 aromatic carbocycles. The van der Waals surface area contributed by atoms with E-state index in [-0.39, 0.29) is 24.9 Å². The van der Waals surface area contributed by atoms with Gasteiger partial charge in [-0.05, 0) is 45.2 Å². The summed E-state index contributed by atoms with van der Waals surface area (Å²) in [4.78, 5) is 58.8. The largest absolute Gasteiger partial charge is 0.480 e. The molecule has 0 aliphatic carbocycles. The zero-order valence-corrected chi connectivity index (χ0v) is 16.2. The van der Waals surface area contributed by atoms with E-state index in [2.05, 4.69) is 21.3 Å². The third kappa shape index (κ3) is 9.34. The number of aliphatic carboxylic acids is 1. The van der Waals surface area contributed by atoms with Crippen LogP contribution in [0, 0.1) is 0 Å². The molecule has 0 bridgehead atoms. The second-order valence-corrected chi connectivity index (χ2v) is 6.84. The van der Waals surface area contributed by atoms with Crippen molar-refractivity contribution < 1.29 is 29.1 Å². The topological polar surface area (TPSA) is 206 Å². The summed E-state index contributed by atoms with van der Waals surface area (Å²) in [6.07, 6.45) is 2.33. The number of carbonyl (C=O) groups excluding carboxylic acids is 4. The summed E-state index contributed by atoms with van der Waals surface area (Å²) in [5.74, 6) is -3.95. The Hall–Kier alpha value is -2.73. The van der Waals surface area contributed by atoms with Crippen LogP contribution >= 0.6 is 0 Å². The van der Waals surface area contributed by atoms with Crippen LogP contribution in [0.25, 0.3) is 0 Å². The molecule has 12 nitrogen and oxygen atoms in total. The number of hydrogen-bond acceptors (Lipinski definition) is 7. The van der Waals surface area contributed by atoms with Gasteiger partial charge in [-0.2, -0.15) is 0 Å². The molecular weight excluding hydrogens is 384 g/mol. The third-order valence-electron chi connectivity index (χ3n) is 4.42. The van der Waals surface area contributed by atoms with Crippen molar-refractivity contribution in [2.24, 2.45) is 11.5 Å². The van der Waals surface area contributed by atoms with Crippen LogP contribution < -0.4 is 32.7 Å². The van der Waals surface area contributed by atoms with Crippen LogP contribution in [0.1, 0.15) is 38.5 Å². The van der Waals surface area contributed by atoms with Crippen molar-refractivity contribution in [3.05, 3.63) is 0 Å². The number of nitrogens with one attached hydrogen (secondary N) is 4. The minimum absolute atomic E-state index is 0.218. The summed E-state index contributed by atoms with van der Waals surface area (Å²) in [5.41, 5.74) is 10.4. The van der Waals surface area contributed by atoms with Crippen LogP contribution in [-0.2, 0) is 24.0 Å². The Balaban J connectivity index is 2.63. The number of primary amides is 1.